The molecule has 0 aliphatic carbocycles. The molecule has 0 heterocycles. The van der Waals surface area contributed by atoms with Crippen LogP contribution in [0.5, 0.6) is 0 Å². The Hall–Kier alpha value is -0.904. The van der Waals surface area contributed by atoms with E-state index < -0.39 is 36.4 Å². The number of hydrogen-bond acceptors (Lipinski definition) is 4. The fourth-order valence-electron chi connectivity index (χ4n) is 0.714. The highest BCUT2D eigenvalue weighted by Gasteiger charge is 2.40. The Labute approximate surface area is 100.0 Å². The molecule has 0 unspecified atom stereocenters. The highest BCUT2D eigenvalue weighted by atomic mass is 24.3. The van der Waals surface area contributed by atoms with Gasteiger partial charge in [0.1, 0.15) is 0 Å². The van der Waals surface area contributed by atoms with Gasteiger partial charge in [-0.2, -0.15) is 0 Å². The van der Waals surface area contributed by atoms with Crippen molar-refractivity contribution >= 4 is 41.0 Å². The zero-order valence-corrected chi connectivity index (χ0v) is 9.05. The Morgan fingerprint density at radius 3 is 1.33 bits per heavy atom. The lowest BCUT2D eigenvalue weighted by atomic mass is 9.96. The lowest BCUT2D eigenvalue weighted by molar-refractivity contribution is -0.170. The molecule has 0 aromatic carbocycles. The van der Waals surface area contributed by atoms with Crippen LogP contribution in [0.2, 0.25) is 0 Å². The number of carbonyl (C=O) groups is 3. The van der Waals surface area contributed by atoms with Gasteiger partial charge in [-0.25, -0.2) is 4.79 Å². The van der Waals surface area contributed by atoms with Gasteiger partial charge in [0.05, 0.1) is 12.8 Å². The maximum Gasteiger partial charge on any atom is 0.336 e. The monoisotopic (exact) mass is 234 g/mol. The molecule has 0 spiro atoms. The van der Waals surface area contributed by atoms with Gasteiger partial charge in [0.25, 0.3) is 0 Å². The molecule has 15 heavy (non-hydrogen) atoms. The topological polar surface area (TPSA) is 164 Å². The van der Waals surface area contributed by atoms with Crippen LogP contribution in [-0.2, 0) is 14.4 Å². The lowest BCUT2D eigenvalue weighted by Gasteiger charge is -2.18. The Bertz CT molecular complexity index is 234. The van der Waals surface area contributed by atoms with Gasteiger partial charge in [0.2, 0.25) is 0 Å². The molecule has 0 aromatic heterocycles. The van der Waals surface area contributed by atoms with E-state index in [2.05, 4.69) is 0 Å². The van der Waals surface area contributed by atoms with E-state index in [9.17, 15) is 14.4 Å². The third kappa shape index (κ3) is 7.08. The van der Waals surface area contributed by atoms with E-state index in [0.717, 1.165) is 0 Å². The van der Waals surface area contributed by atoms with Gasteiger partial charge in [0, 0.05) is 23.1 Å². The number of carboxylic acids is 3. The molecular formula is C6H10MgO8. The molecule has 0 aromatic rings. The van der Waals surface area contributed by atoms with Crippen molar-refractivity contribution in [3.63, 3.8) is 0 Å². The van der Waals surface area contributed by atoms with Crippen LogP contribution in [0.1, 0.15) is 12.8 Å². The highest BCUT2D eigenvalue weighted by molar-refractivity contribution is 5.88. The van der Waals surface area contributed by atoms with Crippen molar-refractivity contribution in [3.8, 4) is 0 Å². The van der Waals surface area contributed by atoms with Gasteiger partial charge in [-0.1, -0.05) is 0 Å². The van der Waals surface area contributed by atoms with Crippen LogP contribution < -0.4 is 0 Å². The zero-order valence-electron chi connectivity index (χ0n) is 7.63. The minimum Gasteiger partial charge on any atom is -0.481 e. The molecule has 0 fully saturated rings. The normalized spacial score (nSPS) is 9.40. The first-order valence-electron chi connectivity index (χ1n) is 3.17. The quantitative estimate of drug-likeness (QED) is 0.383. The molecule has 0 saturated heterocycles. The van der Waals surface area contributed by atoms with Crippen molar-refractivity contribution < 1.29 is 40.3 Å². The summed E-state index contributed by atoms with van der Waals surface area (Å²) in [5, 5.41) is 33.8. The van der Waals surface area contributed by atoms with Gasteiger partial charge in [0.15, 0.2) is 5.60 Å². The van der Waals surface area contributed by atoms with Gasteiger partial charge < -0.3 is 25.9 Å². The van der Waals surface area contributed by atoms with Crippen LogP contribution in [0.15, 0.2) is 0 Å². The molecule has 6 N–H and O–H groups in total. The van der Waals surface area contributed by atoms with Crippen molar-refractivity contribution in [2.24, 2.45) is 0 Å². The molecule has 8 nitrogen and oxygen atoms in total. The van der Waals surface area contributed by atoms with E-state index in [1.807, 2.05) is 0 Å². The molecule has 0 saturated carbocycles. The first kappa shape index (κ1) is 19.6. The molecular weight excluding hydrogens is 224 g/mol. The third-order valence-corrected chi connectivity index (χ3v) is 1.29. The van der Waals surface area contributed by atoms with Gasteiger partial charge in [-0.05, 0) is 0 Å². The van der Waals surface area contributed by atoms with Crippen LogP contribution in [0.3, 0.4) is 0 Å². The Morgan fingerprint density at radius 1 is 0.933 bits per heavy atom. The molecule has 0 aliphatic rings. The first-order chi connectivity index (χ1) is 5.78. The second-order valence-electron chi connectivity index (χ2n) is 2.48. The zero-order chi connectivity index (χ0) is 10.6. The number of aliphatic carboxylic acids is 3. The fraction of sp³-hybridized carbons (Fsp3) is 0.500. The van der Waals surface area contributed by atoms with Crippen LogP contribution in [-0.4, -0.2) is 72.5 Å². The van der Waals surface area contributed by atoms with Crippen LogP contribution >= 0.6 is 0 Å². The van der Waals surface area contributed by atoms with Crippen molar-refractivity contribution in [2.45, 2.75) is 18.4 Å². The molecule has 0 amide bonds. The summed E-state index contributed by atoms with van der Waals surface area (Å²) in [5.41, 5.74) is -2.74. The summed E-state index contributed by atoms with van der Waals surface area (Å²) in [6.07, 6.45) is -2.29. The van der Waals surface area contributed by atoms with Gasteiger partial charge in [-0.3, -0.25) is 9.59 Å². The summed E-state index contributed by atoms with van der Waals surface area (Å²) in [4.78, 5) is 30.5. The average Bonchev–Trinajstić information content (AvgIpc) is 1.82. The molecule has 0 bridgehead atoms. The predicted octanol–water partition coefficient (Wildman–Crippen LogP) is -2.45. The van der Waals surface area contributed by atoms with Crippen molar-refractivity contribution in [1.82, 2.24) is 0 Å². The summed E-state index contributed by atoms with van der Waals surface area (Å²) in [6, 6.07) is 0. The van der Waals surface area contributed by atoms with Crippen LogP contribution in [0.4, 0.5) is 0 Å². The van der Waals surface area contributed by atoms with Crippen LogP contribution in [0.25, 0.3) is 0 Å². The molecule has 9 heteroatoms. The summed E-state index contributed by atoms with van der Waals surface area (Å²) < 4.78 is 0. The summed E-state index contributed by atoms with van der Waals surface area (Å²) in [7, 11) is 0. The fourth-order valence-corrected chi connectivity index (χ4v) is 0.714. The van der Waals surface area contributed by atoms with E-state index in [1.165, 1.54) is 0 Å². The van der Waals surface area contributed by atoms with E-state index in [4.69, 9.17) is 20.4 Å². The minimum absolute atomic E-state index is 0. The summed E-state index contributed by atoms with van der Waals surface area (Å²) >= 11 is 0. The van der Waals surface area contributed by atoms with Gasteiger partial charge in [-0.15, -0.1) is 0 Å². The average molecular weight is 234 g/mol. The summed E-state index contributed by atoms with van der Waals surface area (Å²) in [5.74, 6) is -5.02. The molecule has 0 aliphatic heterocycles. The maximum absolute atomic E-state index is 10.3. The second-order valence-corrected chi connectivity index (χ2v) is 2.48. The molecule has 0 rings (SSSR count). The standard InChI is InChI=1S/C6H8O7.Mg.H2O/c7-3(8)1-6(13,5(11)12)2-4(9)10;;/h13H,1-2H2,(H,7,8)(H,9,10)(H,11,12);;1H2. The highest BCUT2D eigenvalue weighted by Crippen LogP contribution is 2.15. The number of carboxylic acid groups (broad SMARTS) is 3. The van der Waals surface area contributed by atoms with Crippen LogP contribution in [0, 0.1) is 0 Å². The van der Waals surface area contributed by atoms with Crippen molar-refractivity contribution in [1.29, 1.82) is 0 Å². The van der Waals surface area contributed by atoms with Gasteiger partial charge >= 0.3 is 17.9 Å². The second kappa shape index (κ2) is 7.40. The van der Waals surface area contributed by atoms with E-state index in [1.54, 1.807) is 0 Å². The first-order valence-corrected chi connectivity index (χ1v) is 3.17. The Morgan fingerprint density at radius 2 is 1.20 bits per heavy atom. The largest absolute Gasteiger partial charge is 0.481 e. The number of hydrogen-bond donors (Lipinski definition) is 4. The summed E-state index contributed by atoms with van der Waals surface area (Å²) in [6.45, 7) is 0. The van der Waals surface area contributed by atoms with E-state index >= 15 is 0 Å². The SMILES string of the molecule is O.O=C(O)CC(O)(CC(=O)O)C(=O)O.[Mg]. The Balaban J connectivity index is -0.000000720. The van der Waals surface area contributed by atoms with Crippen molar-refractivity contribution in [3.05, 3.63) is 0 Å². The van der Waals surface area contributed by atoms with E-state index in [0.29, 0.717) is 0 Å². The smallest absolute Gasteiger partial charge is 0.336 e. The number of aliphatic hydroxyl groups is 1. The van der Waals surface area contributed by atoms with E-state index in [-0.39, 0.29) is 28.5 Å². The predicted molar refractivity (Wildman–Crippen MR) is 46.5 cm³/mol. The molecule has 0 atom stereocenters. The minimum atomic E-state index is -2.74. The lowest BCUT2D eigenvalue weighted by Crippen LogP contribution is -2.42. The molecule has 84 valence electrons. The van der Waals surface area contributed by atoms with Crippen molar-refractivity contribution in [2.75, 3.05) is 0 Å². The Kier molecular flexibility index (Phi) is 9.68. The number of rotatable bonds is 5. The third-order valence-electron chi connectivity index (χ3n) is 1.29. The molecule has 2 radical (unpaired) electrons. The maximum atomic E-state index is 10.3.